The third-order valence-electron chi connectivity index (χ3n) is 5.95. The predicted molar refractivity (Wildman–Crippen MR) is 136 cm³/mol. The maximum Gasteiger partial charge on any atom is 0.389 e. The number of hydrogen-bond acceptors (Lipinski definition) is 6. The fourth-order valence-electron chi connectivity index (χ4n) is 3.96. The van der Waals surface area contributed by atoms with E-state index in [0.717, 1.165) is 17.7 Å². The van der Waals surface area contributed by atoms with Crippen LogP contribution >= 0.6 is 11.3 Å². The highest BCUT2D eigenvalue weighted by Crippen LogP contribution is 2.45. The zero-order chi connectivity index (χ0) is 26.6. The lowest BCUT2D eigenvalue weighted by atomic mass is 10.0. The molecule has 0 unspecified atom stereocenters. The number of aromatic amines is 1. The van der Waals surface area contributed by atoms with Gasteiger partial charge in [0.1, 0.15) is 11.6 Å². The molecule has 7 nitrogen and oxygen atoms in total. The Hall–Kier alpha value is -3.38. The van der Waals surface area contributed by atoms with Crippen molar-refractivity contribution in [2.45, 2.75) is 50.6 Å². The normalized spacial score (nSPS) is 14.1. The van der Waals surface area contributed by atoms with Crippen molar-refractivity contribution in [1.29, 1.82) is 0 Å². The van der Waals surface area contributed by atoms with Crippen LogP contribution in [0.15, 0.2) is 46.3 Å². The minimum atomic E-state index is -4.16. The van der Waals surface area contributed by atoms with Crippen molar-refractivity contribution < 1.29 is 22.3 Å². The molecule has 2 heterocycles. The molecule has 0 amide bonds. The summed E-state index contributed by atoms with van der Waals surface area (Å²) in [4.78, 5) is 17.7. The largest absolute Gasteiger partial charge is 0.493 e. The van der Waals surface area contributed by atoms with Crippen LogP contribution in [0.4, 0.5) is 17.6 Å². The van der Waals surface area contributed by atoms with Gasteiger partial charge in [0.15, 0.2) is 5.84 Å². The molecule has 0 radical (unpaired) electrons. The lowest BCUT2D eigenvalue weighted by molar-refractivity contribution is -0.135. The number of hydrazine groups is 1. The van der Waals surface area contributed by atoms with Crippen molar-refractivity contribution in [3.05, 3.63) is 63.0 Å². The molecule has 37 heavy (non-hydrogen) atoms. The standard InChI is InChI=1S/C25H27F4N5O2S/c26-18-12-15(36-11-3-1-2-10-25(27,28)29)6-7-16(18)19-13-17(21-9-8-20(37-21)14-4-5-14)22(24(35)32-19)23(30)33-34-31/h6-9,12-14,34H,1-5,10-11,31H2,(H2,30,33)(H,32,35). The number of H-pyrrole nitrogens is 1. The van der Waals surface area contributed by atoms with E-state index in [1.165, 1.54) is 17.0 Å². The molecule has 4 rings (SSSR count). The van der Waals surface area contributed by atoms with Gasteiger partial charge >= 0.3 is 6.18 Å². The van der Waals surface area contributed by atoms with E-state index in [2.05, 4.69) is 15.6 Å². The van der Waals surface area contributed by atoms with Gasteiger partial charge in [-0.05, 0) is 68.4 Å². The maximum atomic E-state index is 15.1. The molecule has 3 aromatic rings. The third kappa shape index (κ3) is 6.89. The Morgan fingerprint density at radius 2 is 1.92 bits per heavy atom. The van der Waals surface area contributed by atoms with Crippen molar-refractivity contribution >= 4 is 17.2 Å². The second-order valence-corrected chi connectivity index (χ2v) is 9.93. The lowest BCUT2D eigenvalue weighted by Gasteiger charge is -2.12. The highest BCUT2D eigenvalue weighted by Gasteiger charge is 2.27. The van der Waals surface area contributed by atoms with Crippen LogP contribution in [-0.4, -0.2) is 23.6 Å². The van der Waals surface area contributed by atoms with E-state index in [1.807, 2.05) is 12.1 Å². The number of ether oxygens (including phenoxy) is 1. The second-order valence-electron chi connectivity index (χ2n) is 8.82. The highest BCUT2D eigenvalue weighted by atomic mass is 32.1. The monoisotopic (exact) mass is 537 g/mol. The summed E-state index contributed by atoms with van der Waals surface area (Å²) < 4.78 is 57.2. The number of nitrogens with two attached hydrogens (primary N) is 2. The molecule has 0 aliphatic heterocycles. The van der Waals surface area contributed by atoms with Gasteiger partial charge in [-0.3, -0.25) is 4.79 Å². The van der Waals surface area contributed by atoms with Gasteiger partial charge in [-0.25, -0.2) is 15.8 Å². The Morgan fingerprint density at radius 3 is 2.59 bits per heavy atom. The SMILES string of the molecule is NN/N=C(\N)c1c(-c2ccc(C3CC3)s2)cc(-c2ccc(OCCCCCC(F)(F)F)cc2F)[nH]c1=O. The number of aromatic nitrogens is 1. The van der Waals surface area contributed by atoms with Gasteiger partial charge in [0.05, 0.1) is 17.9 Å². The topological polar surface area (TPSA) is 119 Å². The minimum absolute atomic E-state index is 0.0226. The maximum absolute atomic E-state index is 15.1. The number of benzene rings is 1. The molecule has 198 valence electrons. The van der Waals surface area contributed by atoms with Crippen LogP contribution in [0.25, 0.3) is 21.7 Å². The first-order valence-electron chi connectivity index (χ1n) is 11.8. The summed E-state index contributed by atoms with van der Waals surface area (Å²) in [7, 11) is 0. The first-order valence-corrected chi connectivity index (χ1v) is 12.6. The Balaban J connectivity index is 1.56. The van der Waals surface area contributed by atoms with Gasteiger partial charge in [-0.2, -0.15) is 13.2 Å². The van der Waals surface area contributed by atoms with E-state index in [-0.39, 0.29) is 41.4 Å². The molecule has 0 bridgehead atoms. The summed E-state index contributed by atoms with van der Waals surface area (Å²) in [5, 5.41) is 3.75. The van der Waals surface area contributed by atoms with Crippen LogP contribution in [0.1, 0.15) is 54.9 Å². The Labute approximate surface area is 214 Å². The number of hydrazone groups is 1. The second kappa shape index (κ2) is 11.3. The first kappa shape index (κ1) is 26.7. The molecule has 2 aromatic heterocycles. The molecule has 1 aromatic carbocycles. The number of nitrogens with zero attached hydrogens (tertiary/aromatic N) is 1. The fourth-order valence-corrected chi connectivity index (χ4v) is 5.16. The van der Waals surface area contributed by atoms with Gasteiger partial charge in [-0.1, -0.05) is 0 Å². The van der Waals surface area contributed by atoms with Crippen LogP contribution < -0.4 is 27.4 Å². The average Bonchev–Trinajstić information content (AvgIpc) is 3.56. The van der Waals surface area contributed by atoms with Gasteiger partial charge in [0.2, 0.25) is 0 Å². The van der Waals surface area contributed by atoms with Crippen molar-refractivity contribution in [2.24, 2.45) is 16.7 Å². The van der Waals surface area contributed by atoms with Crippen molar-refractivity contribution in [3.63, 3.8) is 0 Å². The van der Waals surface area contributed by atoms with E-state index in [1.54, 1.807) is 23.5 Å². The third-order valence-corrected chi connectivity index (χ3v) is 7.23. The predicted octanol–water partition coefficient (Wildman–Crippen LogP) is 5.37. The first-order chi connectivity index (χ1) is 17.7. The lowest BCUT2D eigenvalue weighted by Crippen LogP contribution is -2.29. The molecular formula is C25H27F4N5O2S. The number of amidine groups is 1. The number of pyridine rings is 1. The summed E-state index contributed by atoms with van der Waals surface area (Å²) in [6.07, 6.45) is -1.95. The molecule has 1 aliphatic rings. The van der Waals surface area contributed by atoms with Gasteiger partial charge in [-0.15, -0.1) is 16.4 Å². The number of hydrogen-bond donors (Lipinski definition) is 4. The molecule has 6 N–H and O–H groups in total. The van der Waals surface area contributed by atoms with Crippen LogP contribution in [0.2, 0.25) is 0 Å². The van der Waals surface area contributed by atoms with Gasteiger partial charge in [0, 0.05) is 33.4 Å². The fraction of sp³-hybridized carbons (Fsp3) is 0.360. The van der Waals surface area contributed by atoms with E-state index < -0.39 is 24.0 Å². The van der Waals surface area contributed by atoms with Gasteiger partial charge in [0.25, 0.3) is 5.56 Å². The molecule has 0 spiro atoms. The number of unbranched alkanes of at least 4 members (excludes halogenated alkanes) is 2. The van der Waals surface area contributed by atoms with E-state index in [4.69, 9.17) is 16.3 Å². The number of halogens is 4. The van der Waals surface area contributed by atoms with Crippen molar-refractivity contribution in [3.8, 4) is 27.4 Å². The number of nitrogens with one attached hydrogen (secondary N) is 2. The molecule has 1 aliphatic carbocycles. The quantitative estimate of drug-likeness (QED) is 0.0655. The van der Waals surface area contributed by atoms with Crippen LogP contribution in [0.3, 0.4) is 0 Å². The molecule has 1 saturated carbocycles. The van der Waals surface area contributed by atoms with Crippen LogP contribution in [0, 0.1) is 5.82 Å². The summed E-state index contributed by atoms with van der Waals surface area (Å²) in [5.74, 6) is 5.29. The summed E-state index contributed by atoms with van der Waals surface area (Å²) in [6, 6.07) is 9.79. The molecule has 12 heteroatoms. The van der Waals surface area contributed by atoms with E-state index in [0.29, 0.717) is 24.3 Å². The Morgan fingerprint density at radius 1 is 1.14 bits per heavy atom. The zero-order valence-electron chi connectivity index (χ0n) is 19.8. The Kier molecular flexibility index (Phi) is 8.18. The van der Waals surface area contributed by atoms with E-state index >= 15 is 4.39 Å². The highest BCUT2D eigenvalue weighted by molar-refractivity contribution is 7.15. The molecular weight excluding hydrogens is 510 g/mol. The van der Waals surface area contributed by atoms with E-state index in [9.17, 15) is 18.0 Å². The Bertz CT molecular complexity index is 1330. The summed E-state index contributed by atoms with van der Waals surface area (Å²) in [5.41, 5.74) is 8.56. The number of rotatable bonds is 11. The van der Waals surface area contributed by atoms with Crippen molar-refractivity contribution in [2.75, 3.05) is 6.61 Å². The number of alkyl halides is 3. The molecule has 0 atom stereocenters. The van der Waals surface area contributed by atoms with Gasteiger partial charge < -0.3 is 15.5 Å². The number of thiophene rings is 1. The summed E-state index contributed by atoms with van der Waals surface area (Å²) in [6.45, 7) is 0.168. The van der Waals surface area contributed by atoms with Crippen molar-refractivity contribution in [1.82, 2.24) is 10.5 Å². The smallest absolute Gasteiger partial charge is 0.389 e. The molecule has 0 saturated heterocycles. The zero-order valence-corrected chi connectivity index (χ0v) is 20.6. The van der Waals surface area contributed by atoms with Crippen LogP contribution in [0.5, 0.6) is 5.75 Å². The summed E-state index contributed by atoms with van der Waals surface area (Å²) >= 11 is 1.55. The minimum Gasteiger partial charge on any atom is -0.493 e. The van der Waals surface area contributed by atoms with Crippen LogP contribution in [-0.2, 0) is 0 Å². The molecule has 1 fully saturated rings. The average molecular weight is 538 g/mol.